The Kier molecular flexibility index (Phi) is 3.96. The van der Waals surface area contributed by atoms with E-state index < -0.39 is 0 Å². The number of benzene rings is 2. The van der Waals surface area contributed by atoms with Gasteiger partial charge in [0.25, 0.3) is 5.91 Å². The zero-order valence-corrected chi connectivity index (χ0v) is 12.9. The molecule has 3 nitrogen and oxygen atoms in total. The summed E-state index contributed by atoms with van der Waals surface area (Å²) in [6, 6.07) is 15.9. The Bertz CT molecular complexity index is 800. The number of fused-ring (bicyclic) bond motifs is 1. The van der Waals surface area contributed by atoms with Crippen LogP contribution in [0.5, 0.6) is 0 Å². The second-order valence-electron chi connectivity index (χ2n) is 5.65. The molecule has 3 heteroatoms. The van der Waals surface area contributed by atoms with Gasteiger partial charge in [0.15, 0.2) is 0 Å². The standard InChI is InChI=1S/C19H20N2O/c1-13-7-9-15(10-8-13)19(22)20-12-11-16-14(2)21-18-6-4-3-5-17(16)18/h3-10,21H,11-12H2,1-2H3,(H,20,22). The highest BCUT2D eigenvalue weighted by Crippen LogP contribution is 2.21. The molecule has 0 aliphatic heterocycles. The fourth-order valence-corrected chi connectivity index (χ4v) is 2.76. The van der Waals surface area contributed by atoms with Gasteiger partial charge in [0.2, 0.25) is 0 Å². The summed E-state index contributed by atoms with van der Waals surface area (Å²) in [6.07, 6.45) is 0.827. The average molecular weight is 292 g/mol. The topological polar surface area (TPSA) is 44.9 Å². The predicted octanol–water partition coefficient (Wildman–Crippen LogP) is 3.76. The van der Waals surface area contributed by atoms with Gasteiger partial charge in [-0.25, -0.2) is 0 Å². The summed E-state index contributed by atoms with van der Waals surface area (Å²) in [5.74, 6) is -0.0162. The molecule has 1 heterocycles. The third-order valence-corrected chi connectivity index (χ3v) is 4.00. The first-order valence-electron chi connectivity index (χ1n) is 7.56. The summed E-state index contributed by atoms with van der Waals surface area (Å²) in [5.41, 5.74) is 5.47. The number of aromatic amines is 1. The first kappa shape index (κ1) is 14.4. The van der Waals surface area contributed by atoms with Crippen molar-refractivity contribution in [2.75, 3.05) is 6.54 Å². The van der Waals surface area contributed by atoms with Gasteiger partial charge in [0.05, 0.1) is 0 Å². The lowest BCUT2D eigenvalue weighted by Crippen LogP contribution is -2.25. The van der Waals surface area contributed by atoms with Crippen molar-refractivity contribution in [1.82, 2.24) is 10.3 Å². The van der Waals surface area contributed by atoms with Crippen LogP contribution >= 0.6 is 0 Å². The van der Waals surface area contributed by atoms with Crippen molar-refractivity contribution in [1.29, 1.82) is 0 Å². The Balaban J connectivity index is 1.66. The Morgan fingerprint density at radius 1 is 1.05 bits per heavy atom. The Morgan fingerprint density at radius 2 is 1.77 bits per heavy atom. The van der Waals surface area contributed by atoms with Crippen LogP contribution in [0.15, 0.2) is 48.5 Å². The Labute approximate surface area is 130 Å². The molecule has 0 fully saturated rings. The van der Waals surface area contributed by atoms with Crippen LogP contribution in [0.3, 0.4) is 0 Å². The maximum absolute atomic E-state index is 12.1. The lowest BCUT2D eigenvalue weighted by atomic mass is 10.1. The van der Waals surface area contributed by atoms with Crippen LogP contribution in [0.4, 0.5) is 0 Å². The van der Waals surface area contributed by atoms with Crippen molar-refractivity contribution >= 4 is 16.8 Å². The Morgan fingerprint density at radius 3 is 2.55 bits per heavy atom. The van der Waals surface area contributed by atoms with Crippen molar-refractivity contribution in [2.24, 2.45) is 0 Å². The van der Waals surface area contributed by atoms with E-state index in [0.29, 0.717) is 12.1 Å². The number of H-pyrrole nitrogens is 1. The SMILES string of the molecule is Cc1ccc(C(=O)NCCc2c(C)[nH]c3ccccc23)cc1. The number of aromatic nitrogens is 1. The number of carbonyl (C=O) groups excluding carboxylic acids is 1. The van der Waals surface area contributed by atoms with Gasteiger partial charge in [-0.1, -0.05) is 35.9 Å². The van der Waals surface area contributed by atoms with E-state index in [1.54, 1.807) is 0 Å². The minimum atomic E-state index is -0.0162. The van der Waals surface area contributed by atoms with Gasteiger partial charge >= 0.3 is 0 Å². The van der Waals surface area contributed by atoms with Crippen molar-refractivity contribution in [2.45, 2.75) is 20.3 Å². The van der Waals surface area contributed by atoms with Crippen LogP contribution < -0.4 is 5.32 Å². The molecule has 3 aromatic rings. The van der Waals surface area contributed by atoms with Crippen molar-refractivity contribution in [3.63, 3.8) is 0 Å². The minimum absolute atomic E-state index is 0.0162. The van der Waals surface area contributed by atoms with Gasteiger partial charge in [0, 0.05) is 28.7 Å². The number of hydrogen-bond donors (Lipinski definition) is 2. The molecule has 0 aliphatic carbocycles. The number of para-hydroxylation sites is 1. The van der Waals surface area contributed by atoms with Crippen LogP contribution in [-0.2, 0) is 6.42 Å². The molecule has 22 heavy (non-hydrogen) atoms. The molecular weight excluding hydrogens is 272 g/mol. The zero-order chi connectivity index (χ0) is 15.5. The average Bonchev–Trinajstić information content (AvgIpc) is 2.84. The molecular formula is C19H20N2O. The minimum Gasteiger partial charge on any atom is -0.358 e. The van der Waals surface area contributed by atoms with Crippen LogP contribution in [-0.4, -0.2) is 17.4 Å². The van der Waals surface area contributed by atoms with Crippen LogP contribution in [0, 0.1) is 13.8 Å². The monoisotopic (exact) mass is 292 g/mol. The first-order valence-corrected chi connectivity index (χ1v) is 7.56. The van der Waals surface area contributed by atoms with E-state index in [2.05, 4.69) is 29.4 Å². The quantitative estimate of drug-likeness (QED) is 0.755. The molecule has 0 radical (unpaired) electrons. The molecule has 0 spiro atoms. The lowest BCUT2D eigenvalue weighted by Gasteiger charge is -2.06. The molecule has 0 unspecified atom stereocenters. The van der Waals surface area contributed by atoms with Gasteiger partial charge in [-0.15, -0.1) is 0 Å². The highest BCUT2D eigenvalue weighted by Gasteiger charge is 2.09. The summed E-state index contributed by atoms with van der Waals surface area (Å²) < 4.78 is 0. The number of hydrogen-bond acceptors (Lipinski definition) is 1. The fourth-order valence-electron chi connectivity index (χ4n) is 2.76. The normalized spacial score (nSPS) is 10.8. The smallest absolute Gasteiger partial charge is 0.251 e. The van der Waals surface area contributed by atoms with Crippen LogP contribution in [0.25, 0.3) is 10.9 Å². The predicted molar refractivity (Wildman–Crippen MR) is 90.3 cm³/mol. The molecule has 0 saturated heterocycles. The Hall–Kier alpha value is -2.55. The molecule has 2 N–H and O–H groups in total. The van der Waals surface area contributed by atoms with E-state index in [1.165, 1.54) is 16.6 Å². The summed E-state index contributed by atoms with van der Waals surface area (Å²) in [6.45, 7) is 4.73. The van der Waals surface area contributed by atoms with Gasteiger partial charge in [-0.05, 0) is 44.0 Å². The third kappa shape index (κ3) is 2.89. The third-order valence-electron chi connectivity index (χ3n) is 4.00. The second-order valence-corrected chi connectivity index (χ2v) is 5.65. The van der Waals surface area contributed by atoms with E-state index >= 15 is 0 Å². The zero-order valence-electron chi connectivity index (χ0n) is 12.9. The number of amides is 1. The maximum Gasteiger partial charge on any atom is 0.251 e. The fraction of sp³-hybridized carbons (Fsp3) is 0.211. The van der Waals surface area contributed by atoms with E-state index in [-0.39, 0.29) is 5.91 Å². The van der Waals surface area contributed by atoms with E-state index in [9.17, 15) is 4.79 Å². The number of nitrogens with one attached hydrogen (secondary N) is 2. The maximum atomic E-state index is 12.1. The van der Waals surface area contributed by atoms with Gasteiger partial charge in [-0.2, -0.15) is 0 Å². The molecule has 0 aliphatic rings. The highest BCUT2D eigenvalue weighted by atomic mass is 16.1. The van der Waals surface area contributed by atoms with E-state index in [4.69, 9.17) is 0 Å². The van der Waals surface area contributed by atoms with Crippen LogP contribution in [0.2, 0.25) is 0 Å². The largest absolute Gasteiger partial charge is 0.358 e. The van der Waals surface area contributed by atoms with E-state index in [1.807, 2.05) is 43.3 Å². The number of aryl methyl sites for hydroxylation is 2. The molecule has 0 saturated carbocycles. The molecule has 1 aromatic heterocycles. The molecule has 3 rings (SSSR count). The first-order chi connectivity index (χ1) is 10.6. The molecule has 0 atom stereocenters. The van der Waals surface area contributed by atoms with E-state index in [0.717, 1.165) is 17.5 Å². The van der Waals surface area contributed by atoms with Gasteiger partial charge in [0.1, 0.15) is 0 Å². The summed E-state index contributed by atoms with van der Waals surface area (Å²) in [5, 5.41) is 4.24. The van der Waals surface area contributed by atoms with Gasteiger partial charge in [-0.3, -0.25) is 4.79 Å². The summed E-state index contributed by atoms with van der Waals surface area (Å²) in [4.78, 5) is 15.5. The summed E-state index contributed by atoms with van der Waals surface area (Å²) >= 11 is 0. The van der Waals surface area contributed by atoms with Crippen LogP contribution in [0.1, 0.15) is 27.2 Å². The molecule has 0 bridgehead atoms. The molecule has 112 valence electrons. The van der Waals surface area contributed by atoms with Crippen molar-refractivity contribution < 1.29 is 4.79 Å². The lowest BCUT2D eigenvalue weighted by molar-refractivity contribution is 0.0954. The van der Waals surface area contributed by atoms with Gasteiger partial charge < -0.3 is 10.3 Å². The van der Waals surface area contributed by atoms with Crippen molar-refractivity contribution in [3.05, 3.63) is 70.9 Å². The second kappa shape index (κ2) is 6.06. The highest BCUT2D eigenvalue weighted by molar-refractivity contribution is 5.94. The number of rotatable bonds is 4. The summed E-state index contributed by atoms with van der Waals surface area (Å²) in [7, 11) is 0. The molecule has 2 aromatic carbocycles. The van der Waals surface area contributed by atoms with Crippen molar-refractivity contribution in [3.8, 4) is 0 Å². The number of carbonyl (C=O) groups is 1. The molecule has 1 amide bonds.